The summed E-state index contributed by atoms with van der Waals surface area (Å²) in [6.45, 7) is 6.00. The number of hydrogen-bond donors (Lipinski definition) is 1. The molecule has 150 valence electrons. The van der Waals surface area contributed by atoms with Gasteiger partial charge in [-0.25, -0.2) is 0 Å². The summed E-state index contributed by atoms with van der Waals surface area (Å²) in [4.78, 5) is 24.6. The van der Waals surface area contributed by atoms with Crippen molar-refractivity contribution in [2.45, 2.75) is 58.6 Å². The fraction of sp³-hybridized carbons (Fsp3) is 0.619. The van der Waals surface area contributed by atoms with Gasteiger partial charge in [-0.2, -0.15) is 0 Å². The Kier molecular flexibility index (Phi) is 7.51. The molecule has 0 spiro atoms. The highest BCUT2D eigenvalue weighted by Crippen LogP contribution is 2.30. The molecule has 4 atom stereocenters. The Morgan fingerprint density at radius 2 is 1.85 bits per heavy atom. The van der Waals surface area contributed by atoms with Gasteiger partial charge in [0.2, 0.25) is 0 Å². The first kappa shape index (κ1) is 21.1. The van der Waals surface area contributed by atoms with Crippen molar-refractivity contribution in [2.24, 2.45) is 11.8 Å². The largest absolute Gasteiger partial charge is 0.493 e. The van der Waals surface area contributed by atoms with E-state index in [9.17, 15) is 9.59 Å². The Hall–Kier alpha value is -2.24. The SMILES string of the molecule is COc1ccc(CC(=O)O[C@H](C)C(=O)N[C@H]2CCC[C@H](C)[C@H]2C)cc1OC. The topological polar surface area (TPSA) is 73.9 Å². The van der Waals surface area contributed by atoms with Crippen molar-refractivity contribution in [3.63, 3.8) is 0 Å². The monoisotopic (exact) mass is 377 g/mol. The summed E-state index contributed by atoms with van der Waals surface area (Å²) in [6, 6.07) is 5.39. The van der Waals surface area contributed by atoms with Crippen LogP contribution in [0.5, 0.6) is 11.5 Å². The average molecular weight is 377 g/mol. The van der Waals surface area contributed by atoms with Gasteiger partial charge in [-0.3, -0.25) is 9.59 Å². The van der Waals surface area contributed by atoms with Crippen molar-refractivity contribution in [2.75, 3.05) is 14.2 Å². The molecule has 0 heterocycles. The van der Waals surface area contributed by atoms with Gasteiger partial charge in [0.1, 0.15) is 0 Å². The van der Waals surface area contributed by atoms with Crippen LogP contribution in [-0.4, -0.2) is 38.2 Å². The lowest BCUT2D eigenvalue weighted by Crippen LogP contribution is -2.47. The average Bonchev–Trinajstić information content (AvgIpc) is 2.65. The molecule has 6 nitrogen and oxygen atoms in total. The minimum absolute atomic E-state index is 0.0643. The Balaban J connectivity index is 1.88. The fourth-order valence-electron chi connectivity index (χ4n) is 3.54. The number of esters is 1. The molecule has 1 aliphatic rings. The molecule has 1 fully saturated rings. The smallest absolute Gasteiger partial charge is 0.311 e. The summed E-state index contributed by atoms with van der Waals surface area (Å²) in [6.07, 6.45) is 2.54. The fourth-order valence-corrected chi connectivity index (χ4v) is 3.54. The van der Waals surface area contributed by atoms with E-state index in [1.165, 1.54) is 6.42 Å². The molecule has 2 rings (SSSR count). The molecule has 0 saturated heterocycles. The number of carbonyl (C=O) groups excluding carboxylic acids is 2. The summed E-state index contributed by atoms with van der Waals surface area (Å²) < 4.78 is 15.8. The van der Waals surface area contributed by atoms with Gasteiger partial charge in [-0.1, -0.05) is 32.8 Å². The van der Waals surface area contributed by atoms with Crippen LogP contribution in [0.3, 0.4) is 0 Å². The zero-order valence-electron chi connectivity index (χ0n) is 16.9. The van der Waals surface area contributed by atoms with E-state index in [-0.39, 0.29) is 18.4 Å². The summed E-state index contributed by atoms with van der Waals surface area (Å²) in [5.74, 6) is 1.48. The quantitative estimate of drug-likeness (QED) is 0.739. The van der Waals surface area contributed by atoms with Gasteiger partial charge >= 0.3 is 5.97 Å². The van der Waals surface area contributed by atoms with Crippen molar-refractivity contribution in [1.29, 1.82) is 0 Å². The minimum Gasteiger partial charge on any atom is -0.493 e. The van der Waals surface area contributed by atoms with Crippen molar-refractivity contribution >= 4 is 11.9 Å². The van der Waals surface area contributed by atoms with Gasteiger partial charge < -0.3 is 19.5 Å². The van der Waals surface area contributed by atoms with Crippen LogP contribution in [-0.2, 0) is 20.7 Å². The number of nitrogens with one attached hydrogen (secondary N) is 1. The molecule has 0 aromatic heterocycles. The van der Waals surface area contributed by atoms with Crippen LogP contribution in [0.25, 0.3) is 0 Å². The third-order valence-electron chi connectivity index (χ3n) is 5.51. The number of rotatable bonds is 7. The van der Waals surface area contributed by atoms with E-state index < -0.39 is 12.1 Å². The molecule has 6 heteroatoms. The van der Waals surface area contributed by atoms with Crippen LogP contribution in [0.4, 0.5) is 0 Å². The number of carbonyl (C=O) groups is 2. The molecule has 1 saturated carbocycles. The Morgan fingerprint density at radius 1 is 1.15 bits per heavy atom. The Morgan fingerprint density at radius 3 is 2.52 bits per heavy atom. The number of methoxy groups -OCH3 is 2. The lowest BCUT2D eigenvalue weighted by atomic mass is 9.78. The minimum atomic E-state index is -0.818. The molecule has 0 radical (unpaired) electrons. The van der Waals surface area contributed by atoms with Crippen LogP contribution >= 0.6 is 0 Å². The van der Waals surface area contributed by atoms with E-state index in [0.717, 1.165) is 18.4 Å². The number of benzene rings is 1. The highest BCUT2D eigenvalue weighted by atomic mass is 16.5. The maximum Gasteiger partial charge on any atom is 0.311 e. The maximum atomic E-state index is 12.4. The van der Waals surface area contributed by atoms with Gasteiger partial charge in [0, 0.05) is 6.04 Å². The normalized spacial score (nSPS) is 23.2. The first-order chi connectivity index (χ1) is 12.8. The van der Waals surface area contributed by atoms with Gasteiger partial charge in [-0.05, 0) is 42.9 Å². The highest BCUT2D eigenvalue weighted by molar-refractivity contribution is 5.84. The maximum absolute atomic E-state index is 12.4. The van der Waals surface area contributed by atoms with Crippen molar-refractivity contribution < 1.29 is 23.8 Å². The van der Waals surface area contributed by atoms with Crippen LogP contribution in [0.15, 0.2) is 18.2 Å². The summed E-state index contributed by atoms with van der Waals surface area (Å²) >= 11 is 0. The van der Waals surface area contributed by atoms with E-state index in [2.05, 4.69) is 19.2 Å². The summed E-state index contributed by atoms with van der Waals surface area (Å²) in [5, 5.41) is 3.05. The molecule has 1 amide bonds. The Labute approximate surface area is 161 Å². The Bertz CT molecular complexity index is 660. The zero-order chi connectivity index (χ0) is 20.0. The summed E-state index contributed by atoms with van der Waals surface area (Å²) in [7, 11) is 3.10. The predicted octanol–water partition coefficient (Wildman–Crippen LogP) is 3.12. The molecule has 1 aromatic carbocycles. The van der Waals surface area contributed by atoms with Gasteiger partial charge in [0.05, 0.1) is 20.6 Å². The van der Waals surface area contributed by atoms with E-state index in [4.69, 9.17) is 14.2 Å². The molecule has 1 N–H and O–H groups in total. The lowest BCUT2D eigenvalue weighted by Gasteiger charge is -2.35. The van der Waals surface area contributed by atoms with Crippen LogP contribution in [0.2, 0.25) is 0 Å². The van der Waals surface area contributed by atoms with Gasteiger partial charge in [0.15, 0.2) is 17.6 Å². The molecule has 0 bridgehead atoms. The van der Waals surface area contributed by atoms with E-state index >= 15 is 0 Å². The second kappa shape index (κ2) is 9.62. The first-order valence-corrected chi connectivity index (χ1v) is 9.56. The molecule has 1 aliphatic carbocycles. The number of ether oxygens (including phenoxy) is 3. The molecular weight excluding hydrogens is 346 g/mol. The predicted molar refractivity (Wildman–Crippen MR) is 103 cm³/mol. The molecule has 0 aliphatic heterocycles. The summed E-state index contributed by atoms with van der Waals surface area (Å²) in [5.41, 5.74) is 0.736. The molecular formula is C21H31NO5. The highest BCUT2D eigenvalue weighted by Gasteiger charge is 2.30. The van der Waals surface area contributed by atoms with Crippen LogP contribution in [0, 0.1) is 11.8 Å². The van der Waals surface area contributed by atoms with Gasteiger partial charge in [0.25, 0.3) is 5.91 Å². The third-order valence-corrected chi connectivity index (χ3v) is 5.51. The molecule has 1 aromatic rings. The van der Waals surface area contributed by atoms with E-state index in [0.29, 0.717) is 23.3 Å². The number of amides is 1. The van der Waals surface area contributed by atoms with Crippen molar-refractivity contribution in [3.8, 4) is 11.5 Å². The third kappa shape index (κ3) is 5.62. The van der Waals surface area contributed by atoms with Crippen LogP contribution in [0.1, 0.15) is 45.6 Å². The molecule has 0 unspecified atom stereocenters. The van der Waals surface area contributed by atoms with Gasteiger partial charge in [-0.15, -0.1) is 0 Å². The van der Waals surface area contributed by atoms with Crippen LogP contribution < -0.4 is 14.8 Å². The lowest BCUT2D eigenvalue weighted by molar-refractivity contribution is -0.154. The number of hydrogen-bond acceptors (Lipinski definition) is 5. The van der Waals surface area contributed by atoms with E-state index in [1.54, 1.807) is 39.3 Å². The zero-order valence-corrected chi connectivity index (χ0v) is 16.9. The van der Waals surface area contributed by atoms with Crippen molar-refractivity contribution in [1.82, 2.24) is 5.32 Å². The first-order valence-electron chi connectivity index (χ1n) is 9.56. The van der Waals surface area contributed by atoms with E-state index in [1.807, 2.05) is 0 Å². The molecule has 27 heavy (non-hydrogen) atoms. The second-order valence-corrected chi connectivity index (χ2v) is 7.38. The van der Waals surface area contributed by atoms with Crippen molar-refractivity contribution in [3.05, 3.63) is 23.8 Å². The standard InChI is InChI=1S/C21H31NO5/c1-13-7-6-8-17(14(13)2)22-21(24)15(3)27-20(23)12-16-9-10-18(25-4)19(11-16)26-5/h9-11,13-15,17H,6-8,12H2,1-5H3,(H,22,24)/t13-,14+,15+,17-/m0/s1. The second-order valence-electron chi connectivity index (χ2n) is 7.38.